The van der Waals surface area contributed by atoms with Crippen molar-refractivity contribution in [1.29, 1.82) is 0 Å². The predicted octanol–water partition coefficient (Wildman–Crippen LogP) is 2.22. The summed E-state index contributed by atoms with van der Waals surface area (Å²) in [6.07, 6.45) is 6.54. The highest BCUT2D eigenvalue weighted by Gasteiger charge is 1.98. The second kappa shape index (κ2) is 5.06. The zero-order valence-electron chi connectivity index (χ0n) is 10.1. The molecule has 0 saturated carbocycles. The summed E-state index contributed by atoms with van der Waals surface area (Å²) < 4.78 is 0. The molecule has 0 fully saturated rings. The first kappa shape index (κ1) is 11.0. The number of H-pyrrole nitrogens is 2. The van der Waals surface area contributed by atoms with Gasteiger partial charge in [-0.1, -0.05) is 12.1 Å². The number of aromatic amines is 2. The molecule has 2 heterocycles. The predicted molar refractivity (Wildman–Crippen MR) is 72.3 cm³/mol. The summed E-state index contributed by atoms with van der Waals surface area (Å²) in [6.45, 7) is 1.81. The summed E-state index contributed by atoms with van der Waals surface area (Å²) in [5.41, 5.74) is 2.49. The van der Waals surface area contributed by atoms with Crippen LogP contribution in [0.3, 0.4) is 0 Å². The second-order valence-corrected chi connectivity index (χ2v) is 4.36. The number of hydrogen-bond acceptors (Lipinski definition) is 2. The standard InChI is InChI=1S/C14H16N4/c1-2-12-3-6-16-13(12)9-11(1)10-15-5-4-14-17-7-8-18-14/h1-3,6-9,15-16H,4-5,10H2,(H,17,18). The number of aromatic nitrogens is 3. The first-order valence-corrected chi connectivity index (χ1v) is 6.17. The number of hydrogen-bond donors (Lipinski definition) is 3. The molecular weight excluding hydrogens is 224 g/mol. The number of fused-ring (bicyclic) bond motifs is 1. The van der Waals surface area contributed by atoms with E-state index in [2.05, 4.69) is 44.5 Å². The second-order valence-electron chi connectivity index (χ2n) is 4.36. The molecule has 0 unspecified atom stereocenters. The summed E-state index contributed by atoms with van der Waals surface area (Å²) in [5, 5.41) is 4.68. The Morgan fingerprint density at radius 1 is 1.11 bits per heavy atom. The van der Waals surface area contributed by atoms with Crippen LogP contribution < -0.4 is 5.32 Å². The number of benzene rings is 1. The molecule has 0 aliphatic heterocycles. The van der Waals surface area contributed by atoms with Gasteiger partial charge in [-0.25, -0.2) is 4.98 Å². The molecule has 4 nitrogen and oxygen atoms in total. The Morgan fingerprint density at radius 3 is 3.00 bits per heavy atom. The third-order valence-electron chi connectivity index (χ3n) is 3.04. The smallest absolute Gasteiger partial charge is 0.107 e. The zero-order valence-corrected chi connectivity index (χ0v) is 10.1. The van der Waals surface area contributed by atoms with Crippen molar-refractivity contribution in [3.05, 3.63) is 54.2 Å². The topological polar surface area (TPSA) is 56.5 Å². The van der Waals surface area contributed by atoms with Crippen LogP contribution in [0, 0.1) is 0 Å². The Labute approximate surface area is 105 Å². The van der Waals surface area contributed by atoms with E-state index in [1.165, 1.54) is 16.5 Å². The molecule has 1 aromatic carbocycles. The highest BCUT2D eigenvalue weighted by Crippen LogP contribution is 2.13. The summed E-state index contributed by atoms with van der Waals surface area (Å²) in [5.74, 6) is 1.03. The van der Waals surface area contributed by atoms with Gasteiger partial charge in [-0.3, -0.25) is 0 Å². The Hall–Kier alpha value is -2.07. The molecule has 2 aromatic heterocycles. The van der Waals surface area contributed by atoms with Gasteiger partial charge in [-0.05, 0) is 23.1 Å². The van der Waals surface area contributed by atoms with Crippen LogP contribution in [0.25, 0.3) is 10.9 Å². The summed E-state index contributed by atoms with van der Waals surface area (Å²) in [7, 11) is 0. The van der Waals surface area contributed by atoms with E-state index in [1.807, 2.05) is 12.4 Å². The molecule has 0 bridgehead atoms. The molecule has 3 N–H and O–H groups in total. The highest BCUT2D eigenvalue weighted by molar-refractivity contribution is 5.79. The van der Waals surface area contributed by atoms with E-state index in [0.29, 0.717) is 0 Å². The number of nitrogens with one attached hydrogen (secondary N) is 3. The molecule has 3 rings (SSSR count). The molecule has 4 heteroatoms. The summed E-state index contributed by atoms with van der Waals surface area (Å²) >= 11 is 0. The number of imidazole rings is 1. The van der Waals surface area contributed by atoms with E-state index in [0.717, 1.165) is 25.3 Å². The Kier molecular flexibility index (Phi) is 3.10. The van der Waals surface area contributed by atoms with Gasteiger partial charge in [0.05, 0.1) is 0 Å². The van der Waals surface area contributed by atoms with Crippen molar-refractivity contribution in [2.45, 2.75) is 13.0 Å². The van der Waals surface area contributed by atoms with Crippen LogP contribution in [0.4, 0.5) is 0 Å². The van der Waals surface area contributed by atoms with Crippen LogP contribution in [0.2, 0.25) is 0 Å². The summed E-state index contributed by atoms with van der Waals surface area (Å²) in [4.78, 5) is 10.5. The van der Waals surface area contributed by atoms with Crippen molar-refractivity contribution in [1.82, 2.24) is 20.3 Å². The fourth-order valence-electron chi connectivity index (χ4n) is 2.08. The van der Waals surface area contributed by atoms with Gasteiger partial charge < -0.3 is 15.3 Å². The third-order valence-corrected chi connectivity index (χ3v) is 3.04. The zero-order chi connectivity index (χ0) is 12.2. The number of nitrogens with zero attached hydrogens (tertiary/aromatic N) is 1. The molecule has 0 amide bonds. The number of rotatable bonds is 5. The van der Waals surface area contributed by atoms with E-state index >= 15 is 0 Å². The van der Waals surface area contributed by atoms with Crippen LogP contribution >= 0.6 is 0 Å². The molecule has 3 aromatic rings. The molecule has 0 radical (unpaired) electrons. The monoisotopic (exact) mass is 240 g/mol. The van der Waals surface area contributed by atoms with Crippen molar-refractivity contribution in [2.24, 2.45) is 0 Å². The largest absolute Gasteiger partial charge is 0.361 e. The first-order valence-electron chi connectivity index (χ1n) is 6.17. The van der Waals surface area contributed by atoms with E-state index in [-0.39, 0.29) is 0 Å². The first-order chi connectivity index (χ1) is 8.92. The van der Waals surface area contributed by atoms with Crippen molar-refractivity contribution in [2.75, 3.05) is 6.54 Å². The molecule has 0 atom stereocenters. The fourth-order valence-corrected chi connectivity index (χ4v) is 2.08. The van der Waals surface area contributed by atoms with Crippen LogP contribution in [0.5, 0.6) is 0 Å². The van der Waals surface area contributed by atoms with Crippen LogP contribution in [0.1, 0.15) is 11.4 Å². The molecular formula is C14H16N4. The quantitative estimate of drug-likeness (QED) is 0.599. The van der Waals surface area contributed by atoms with E-state index in [1.54, 1.807) is 6.20 Å². The lowest BCUT2D eigenvalue weighted by Crippen LogP contribution is -2.17. The average molecular weight is 240 g/mol. The molecule has 0 aliphatic carbocycles. The van der Waals surface area contributed by atoms with Crippen molar-refractivity contribution in [3.63, 3.8) is 0 Å². The molecule has 0 spiro atoms. The highest BCUT2D eigenvalue weighted by atomic mass is 14.9. The summed E-state index contributed by atoms with van der Waals surface area (Å²) in [6, 6.07) is 8.59. The minimum Gasteiger partial charge on any atom is -0.361 e. The van der Waals surface area contributed by atoms with E-state index < -0.39 is 0 Å². The van der Waals surface area contributed by atoms with Gasteiger partial charge >= 0.3 is 0 Å². The maximum atomic E-state index is 4.19. The minimum absolute atomic E-state index is 0.885. The molecule has 0 aliphatic rings. The minimum atomic E-state index is 0.885. The fraction of sp³-hybridized carbons (Fsp3) is 0.214. The molecule has 18 heavy (non-hydrogen) atoms. The van der Waals surface area contributed by atoms with Crippen LogP contribution in [0.15, 0.2) is 42.9 Å². The van der Waals surface area contributed by atoms with Crippen molar-refractivity contribution >= 4 is 10.9 Å². The lowest BCUT2D eigenvalue weighted by atomic mass is 10.1. The Morgan fingerprint density at radius 2 is 2.11 bits per heavy atom. The SMILES string of the molecule is c1c[nH]c(CCNCc2ccc3cc[nH]c3c2)n1. The molecule has 92 valence electrons. The average Bonchev–Trinajstić information content (AvgIpc) is 3.05. The third kappa shape index (κ3) is 2.43. The van der Waals surface area contributed by atoms with Crippen LogP contribution in [-0.2, 0) is 13.0 Å². The maximum absolute atomic E-state index is 4.19. The van der Waals surface area contributed by atoms with Gasteiger partial charge in [0.25, 0.3) is 0 Å². The Bertz CT molecular complexity index is 610. The van der Waals surface area contributed by atoms with Crippen molar-refractivity contribution < 1.29 is 0 Å². The maximum Gasteiger partial charge on any atom is 0.107 e. The van der Waals surface area contributed by atoms with Crippen LogP contribution in [-0.4, -0.2) is 21.5 Å². The van der Waals surface area contributed by atoms with Gasteiger partial charge in [-0.15, -0.1) is 0 Å². The van der Waals surface area contributed by atoms with Gasteiger partial charge in [0.1, 0.15) is 5.82 Å². The normalized spacial score (nSPS) is 11.1. The Balaban J connectivity index is 1.53. The van der Waals surface area contributed by atoms with E-state index in [4.69, 9.17) is 0 Å². The van der Waals surface area contributed by atoms with Gasteiger partial charge in [0, 0.05) is 43.6 Å². The van der Waals surface area contributed by atoms with Gasteiger partial charge in [-0.2, -0.15) is 0 Å². The van der Waals surface area contributed by atoms with E-state index in [9.17, 15) is 0 Å². The lowest BCUT2D eigenvalue weighted by Gasteiger charge is -2.04. The lowest BCUT2D eigenvalue weighted by molar-refractivity contribution is 0.674. The van der Waals surface area contributed by atoms with Gasteiger partial charge in [0.2, 0.25) is 0 Å². The molecule has 0 saturated heterocycles. The van der Waals surface area contributed by atoms with Gasteiger partial charge in [0.15, 0.2) is 0 Å². The van der Waals surface area contributed by atoms with Crippen molar-refractivity contribution in [3.8, 4) is 0 Å².